The van der Waals surface area contributed by atoms with E-state index in [2.05, 4.69) is 15.9 Å². The van der Waals surface area contributed by atoms with Crippen molar-refractivity contribution in [1.82, 2.24) is 0 Å². The molecule has 0 bridgehead atoms. The van der Waals surface area contributed by atoms with Crippen molar-refractivity contribution in [2.24, 2.45) is 0 Å². The van der Waals surface area contributed by atoms with Crippen LogP contribution in [0.5, 0.6) is 0 Å². The van der Waals surface area contributed by atoms with E-state index in [0.29, 0.717) is 5.69 Å². The maximum atomic E-state index is 12.5. The number of halogens is 1. The summed E-state index contributed by atoms with van der Waals surface area (Å²) in [5.41, 5.74) is 1.81. The molecule has 2 aromatic carbocycles. The third kappa shape index (κ3) is 3.10. The van der Waals surface area contributed by atoms with E-state index in [1.165, 1.54) is 22.2 Å². The monoisotopic (exact) mass is 375 g/mol. The summed E-state index contributed by atoms with van der Waals surface area (Å²) in [6.45, 7) is 2.02. The Morgan fingerprint density at radius 2 is 1.68 bits per heavy atom. The summed E-state index contributed by atoms with van der Waals surface area (Å²) in [5.74, 6) is -0.283. The van der Waals surface area contributed by atoms with Gasteiger partial charge in [-0.25, -0.2) is 4.90 Å². The molecule has 3 rings (SSSR count). The minimum Gasteiger partial charge on any atom is -0.274 e. The number of rotatable bonds is 3. The maximum absolute atomic E-state index is 12.5. The Morgan fingerprint density at radius 1 is 1.05 bits per heavy atom. The summed E-state index contributed by atoms with van der Waals surface area (Å²) in [4.78, 5) is 27.0. The molecule has 1 fully saturated rings. The lowest BCUT2D eigenvalue weighted by Crippen LogP contribution is -2.31. The fourth-order valence-electron chi connectivity index (χ4n) is 2.34. The Morgan fingerprint density at radius 3 is 2.32 bits per heavy atom. The molecule has 0 saturated carbocycles. The zero-order valence-corrected chi connectivity index (χ0v) is 14.4. The van der Waals surface area contributed by atoms with Crippen molar-refractivity contribution < 1.29 is 9.59 Å². The highest BCUT2D eigenvalue weighted by molar-refractivity contribution is 9.10. The van der Waals surface area contributed by atoms with Crippen molar-refractivity contribution >= 4 is 45.2 Å². The van der Waals surface area contributed by atoms with Crippen LogP contribution in [0.4, 0.5) is 5.69 Å². The molecule has 5 heteroatoms. The summed E-state index contributed by atoms with van der Waals surface area (Å²) in [5, 5.41) is -0.348. The predicted molar refractivity (Wildman–Crippen MR) is 92.1 cm³/mol. The highest BCUT2D eigenvalue weighted by atomic mass is 79.9. The molecule has 0 aromatic heterocycles. The van der Waals surface area contributed by atoms with Gasteiger partial charge in [0.25, 0.3) is 0 Å². The van der Waals surface area contributed by atoms with Crippen LogP contribution in [0.1, 0.15) is 12.0 Å². The molecule has 2 aromatic rings. The summed E-state index contributed by atoms with van der Waals surface area (Å²) in [6, 6.07) is 15.2. The van der Waals surface area contributed by atoms with Crippen LogP contribution < -0.4 is 4.90 Å². The van der Waals surface area contributed by atoms with Gasteiger partial charge in [-0.3, -0.25) is 9.59 Å². The molecule has 2 amide bonds. The number of anilines is 1. The molecule has 0 aliphatic carbocycles. The number of aryl methyl sites for hydroxylation is 1. The normalized spacial score (nSPS) is 18.1. The van der Waals surface area contributed by atoms with Crippen LogP contribution in [0.2, 0.25) is 0 Å². The van der Waals surface area contributed by atoms with Crippen LogP contribution in [0.15, 0.2) is 57.9 Å². The number of thioether (sulfide) groups is 1. The molecule has 1 heterocycles. The first-order chi connectivity index (χ1) is 10.5. The van der Waals surface area contributed by atoms with Gasteiger partial charge in [0.05, 0.1) is 10.9 Å². The van der Waals surface area contributed by atoms with Crippen molar-refractivity contribution in [3.8, 4) is 0 Å². The van der Waals surface area contributed by atoms with Gasteiger partial charge in [-0.1, -0.05) is 33.6 Å². The average Bonchev–Trinajstić information content (AvgIpc) is 2.77. The second kappa shape index (κ2) is 6.26. The number of hydrogen-bond donors (Lipinski definition) is 0. The smallest absolute Gasteiger partial charge is 0.247 e. The molecule has 22 heavy (non-hydrogen) atoms. The Bertz CT molecular complexity index is 712. The molecule has 0 radical (unpaired) electrons. The molecule has 3 nitrogen and oxygen atoms in total. The molecule has 0 N–H and O–H groups in total. The van der Waals surface area contributed by atoms with E-state index in [4.69, 9.17) is 0 Å². The molecular formula is C17H14BrNO2S. The van der Waals surface area contributed by atoms with Crippen LogP contribution in [0, 0.1) is 6.92 Å². The van der Waals surface area contributed by atoms with Crippen LogP contribution in [-0.2, 0) is 9.59 Å². The van der Waals surface area contributed by atoms with Gasteiger partial charge in [-0.15, -0.1) is 11.8 Å². The fraction of sp³-hybridized carbons (Fsp3) is 0.176. The van der Waals surface area contributed by atoms with Crippen molar-refractivity contribution in [2.75, 3.05) is 4.90 Å². The average molecular weight is 376 g/mol. The maximum Gasteiger partial charge on any atom is 0.247 e. The molecular weight excluding hydrogens is 362 g/mol. The zero-order chi connectivity index (χ0) is 15.7. The molecule has 1 saturated heterocycles. The van der Waals surface area contributed by atoms with Gasteiger partial charge in [0.1, 0.15) is 0 Å². The SMILES string of the molecule is Cc1ccc(S[C@H]2CC(=O)N(c3ccc(Br)cc3)C2=O)cc1. The van der Waals surface area contributed by atoms with Gasteiger partial charge in [0.15, 0.2) is 0 Å². The van der Waals surface area contributed by atoms with E-state index in [1.807, 2.05) is 43.3 Å². The second-order valence-electron chi connectivity index (χ2n) is 5.17. The predicted octanol–water partition coefficient (Wildman–Crippen LogP) is 4.18. The highest BCUT2D eigenvalue weighted by Crippen LogP contribution is 2.34. The molecule has 1 aliphatic rings. The van der Waals surface area contributed by atoms with Gasteiger partial charge in [0, 0.05) is 15.8 Å². The Labute approximate surface area is 141 Å². The molecule has 0 spiro atoms. The molecule has 1 atom stereocenters. The Balaban J connectivity index is 1.79. The number of carbonyl (C=O) groups excluding carboxylic acids is 2. The Kier molecular flexibility index (Phi) is 4.36. The van der Waals surface area contributed by atoms with Crippen LogP contribution >= 0.6 is 27.7 Å². The summed E-state index contributed by atoms with van der Waals surface area (Å²) in [6.07, 6.45) is 0.243. The van der Waals surface area contributed by atoms with Crippen molar-refractivity contribution in [2.45, 2.75) is 23.5 Å². The summed E-state index contributed by atoms with van der Waals surface area (Å²) in [7, 11) is 0. The topological polar surface area (TPSA) is 37.4 Å². The third-order valence-corrected chi connectivity index (χ3v) is 5.22. The van der Waals surface area contributed by atoms with Crippen molar-refractivity contribution in [1.29, 1.82) is 0 Å². The van der Waals surface area contributed by atoms with Crippen molar-refractivity contribution in [3.05, 3.63) is 58.6 Å². The lowest BCUT2D eigenvalue weighted by atomic mass is 10.2. The van der Waals surface area contributed by atoms with Crippen molar-refractivity contribution in [3.63, 3.8) is 0 Å². The standard InChI is InChI=1S/C17H14BrNO2S/c1-11-2-8-14(9-3-11)22-15-10-16(20)19(17(15)21)13-6-4-12(18)5-7-13/h2-9,15H,10H2,1H3/t15-/m0/s1. The van der Waals surface area contributed by atoms with E-state index in [9.17, 15) is 9.59 Å². The molecule has 112 valence electrons. The highest BCUT2D eigenvalue weighted by Gasteiger charge is 2.40. The zero-order valence-electron chi connectivity index (χ0n) is 12.0. The van der Waals surface area contributed by atoms with Gasteiger partial charge >= 0.3 is 0 Å². The number of carbonyl (C=O) groups is 2. The summed E-state index contributed by atoms with van der Waals surface area (Å²) >= 11 is 4.81. The summed E-state index contributed by atoms with van der Waals surface area (Å²) < 4.78 is 0.918. The minimum absolute atomic E-state index is 0.141. The third-order valence-electron chi connectivity index (χ3n) is 3.49. The lowest BCUT2D eigenvalue weighted by Gasteiger charge is -2.15. The van der Waals surface area contributed by atoms with Gasteiger partial charge in [0.2, 0.25) is 11.8 Å². The number of imide groups is 1. The largest absolute Gasteiger partial charge is 0.274 e. The van der Waals surface area contributed by atoms with E-state index < -0.39 is 0 Å². The first-order valence-electron chi connectivity index (χ1n) is 6.90. The minimum atomic E-state index is -0.348. The van der Waals surface area contributed by atoms with Crippen LogP contribution in [0.25, 0.3) is 0 Å². The first kappa shape index (κ1) is 15.3. The molecule has 0 unspecified atom stereocenters. The number of hydrogen-bond acceptors (Lipinski definition) is 3. The van der Waals surface area contributed by atoms with E-state index in [-0.39, 0.29) is 23.5 Å². The number of benzene rings is 2. The quantitative estimate of drug-likeness (QED) is 0.755. The Hall–Kier alpha value is -1.59. The van der Waals surface area contributed by atoms with E-state index >= 15 is 0 Å². The van der Waals surface area contributed by atoms with Crippen LogP contribution in [-0.4, -0.2) is 17.1 Å². The van der Waals surface area contributed by atoms with E-state index in [1.54, 1.807) is 12.1 Å². The second-order valence-corrected chi connectivity index (χ2v) is 7.36. The number of nitrogens with zero attached hydrogens (tertiary/aromatic N) is 1. The van der Waals surface area contributed by atoms with Crippen LogP contribution in [0.3, 0.4) is 0 Å². The molecule has 1 aliphatic heterocycles. The fourth-order valence-corrected chi connectivity index (χ4v) is 3.66. The van der Waals surface area contributed by atoms with Gasteiger partial charge < -0.3 is 0 Å². The van der Waals surface area contributed by atoms with E-state index in [0.717, 1.165) is 9.37 Å². The van der Waals surface area contributed by atoms with Gasteiger partial charge in [-0.05, 0) is 43.3 Å². The first-order valence-corrected chi connectivity index (χ1v) is 8.57. The number of amides is 2. The van der Waals surface area contributed by atoms with Gasteiger partial charge in [-0.2, -0.15) is 0 Å². The lowest BCUT2D eigenvalue weighted by molar-refractivity contribution is -0.121.